The van der Waals surface area contributed by atoms with Crippen LogP contribution in [0.3, 0.4) is 0 Å². The van der Waals surface area contributed by atoms with E-state index in [1.165, 1.54) is 7.11 Å². The van der Waals surface area contributed by atoms with Crippen LogP contribution in [-0.4, -0.2) is 18.0 Å². The number of carbonyl (C=O) groups is 1. The Kier molecular flexibility index (Phi) is 2.60. The molecular formula is C11H10N2O2. The van der Waals surface area contributed by atoms with E-state index in [4.69, 9.17) is 0 Å². The van der Waals surface area contributed by atoms with Gasteiger partial charge in [0.25, 0.3) is 5.91 Å². The lowest BCUT2D eigenvalue weighted by Crippen LogP contribution is -2.21. The van der Waals surface area contributed by atoms with Gasteiger partial charge in [0.1, 0.15) is 0 Å². The normalized spacial score (nSPS) is 10.2. The summed E-state index contributed by atoms with van der Waals surface area (Å²) in [7, 11) is 1.40. The van der Waals surface area contributed by atoms with Crippen molar-refractivity contribution in [2.75, 3.05) is 7.11 Å². The Bertz CT molecular complexity index is 491. The highest BCUT2D eigenvalue weighted by molar-refractivity contribution is 6.05. The first-order valence-electron chi connectivity index (χ1n) is 4.50. The number of benzene rings is 1. The molecule has 0 unspecified atom stereocenters. The summed E-state index contributed by atoms with van der Waals surface area (Å²) in [4.78, 5) is 20.3. The molecule has 0 saturated carbocycles. The molecule has 0 saturated heterocycles. The van der Waals surface area contributed by atoms with Crippen LogP contribution in [0.4, 0.5) is 0 Å². The van der Waals surface area contributed by atoms with Crippen molar-refractivity contribution < 1.29 is 9.63 Å². The fourth-order valence-corrected chi connectivity index (χ4v) is 1.45. The molecule has 0 aliphatic rings. The molecule has 0 aliphatic heterocycles. The SMILES string of the molecule is CONC(=O)c1cccc2ncccc12. The fourth-order valence-electron chi connectivity index (χ4n) is 1.45. The summed E-state index contributed by atoms with van der Waals surface area (Å²) in [6.45, 7) is 0. The maximum Gasteiger partial charge on any atom is 0.275 e. The molecule has 2 aromatic rings. The lowest BCUT2D eigenvalue weighted by molar-refractivity contribution is 0.0539. The monoisotopic (exact) mass is 202 g/mol. The number of hydrogen-bond donors (Lipinski definition) is 1. The van der Waals surface area contributed by atoms with Crippen LogP contribution in [0.5, 0.6) is 0 Å². The van der Waals surface area contributed by atoms with E-state index in [9.17, 15) is 4.79 Å². The van der Waals surface area contributed by atoms with Crippen molar-refractivity contribution in [1.82, 2.24) is 10.5 Å². The number of amides is 1. The molecule has 4 heteroatoms. The highest BCUT2D eigenvalue weighted by Crippen LogP contribution is 2.15. The Morgan fingerprint density at radius 3 is 3.00 bits per heavy atom. The lowest BCUT2D eigenvalue weighted by atomic mass is 10.1. The summed E-state index contributed by atoms with van der Waals surface area (Å²) in [5, 5.41) is 0.814. The predicted octanol–water partition coefficient (Wildman–Crippen LogP) is 1.53. The first-order valence-corrected chi connectivity index (χ1v) is 4.50. The first kappa shape index (κ1) is 9.61. The molecule has 1 aromatic heterocycles. The third-order valence-electron chi connectivity index (χ3n) is 2.09. The van der Waals surface area contributed by atoms with Gasteiger partial charge >= 0.3 is 0 Å². The van der Waals surface area contributed by atoms with E-state index < -0.39 is 0 Å². The summed E-state index contributed by atoms with van der Waals surface area (Å²) in [6, 6.07) is 9.04. The van der Waals surface area contributed by atoms with E-state index >= 15 is 0 Å². The van der Waals surface area contributed by atoms with Gasteiger partial charge in [-0.25, -0.2) is 5.48 Å². The van der Waals surface area contributed by atoms with E-state index in [-0.39, 0.29) is 5.91 Å². The third-order valence-corrected chi connectivity index (χ3v) is 2.09. The first-order chi connectivity index (χ1) is 7.33. The number of rotatable bonds is 2. The smallest absolute Gasteiger partial charge is 0.275 e. The second-order valence-corrected chi connectivity index (χ2v) is 3.01. The molecule has 1 heterocycles. The average Bonchev–Trinajstić information content (AvgIpc) is 2.28. The zero-order valence-corrected chi connectivity index (χ0v) is 8.23. The lowest BCUT2D eigenvalue weighted by Gasteiger charge is -2.04. The van der Waals surface area contributed by atoms with Crippen LogP contribution in [0.25, 0.3) is 10.9 Å². The molecule has 4 nitrogen and oxygen atoms in total. The molecule has 0 fully saturated rings. The maximum absolute atomic E-state index is 11.6. The van der Waals surface area contributed by atoms with Gasteiger partial charge in [-0.2, -0.15) is 0 Å². The fraction of sp³-hybridized carbons (Fsp3) is 0.0909. The summed E-state index contributed by atoms with van der Waals surface area (Å²) in [5.41, 5.74) is 3.64. The second kappa shape index (κ2) is 4.06. The van der Waals surface area contributed by atoms with Crippen LogP contribution in [0, 0.1) is 0 Å². The van der Waals surface area contributed by atoms with Gasteiger partial charge in [-0.1, -0.05) is 12.1 Å². The summed E-state index contributed by atoms with van der Waals surface area (Å²) >= 11 is 0. The molecule has 1 N–H and O–H groups in total. The topological polar surface area (TPSA) is 51.2 Å². The number of hydroxylamine groups is 1. The van der Waals surface area contributed by atoms with Gasteiger partial charge in [-0.15, -0.1) is 0 Å². The van der Waals surface area contributed by atoms with Gasteiger partial charge in [-0.3, -0.25) is 14.6 Å². The van der Waals surface area contributed by atoms with Crippen molar-refractivity contribution in [3.8, 4) is 0 Å². The molecule has 0 aliphatic carbocycles. The molecule has 0 atom stereocenters. The molecule has 76 valence electrons. The number of nitrogens with zero attached hydrogens (tertiary/aromatic N) is 1. The summed E-state index contributed by atoms with van der Waals surface area (Å²) in [5.74, 6) is -0.267. The van der Waals surface area contributed by atoms with Crippen molar-refractivity contribution in [1.29, 1.82) is 0 Å². The molecule has 1 amide bonds. The molecule has 15 heavy (non-hydrogen) atoms. The van der Waals surface area contributed by atoms with Crippen molar-refractivity contribution in [3.63, 3.8) is 0 Å². The average molecular weight is 202 g/mol. The van der Waals surface area contributed by atoms with E-state index in [2.05, 4.69) is 15.3 Å². The minimum Gasteiger partial charge on any atom is -0.277 e. The van der Waals surface area contributed by atoms with E-state index in [0.717, 1.165) is 10.9 Å². The van der Waals surface area contributed by atoms with Crippen LogP contribution in [0.2, 0.25) is 0 Å². The van der Waals surface area contributed by atoms with Crippen LogP contribution >= 0.6 is 0 Å². The van der Waals surface area contributed by atoms with Gasteiger partial charge in [0.2, 0.25) is 0 Å². The molecule has 0 bridgehead atoms. The number of hydrogen-bond acceptors (Lipinski definition) is 3. The molecule has 1 aromatic carbocycles. The minimum atomic E-state index is -0.267. The molecule has 0 spiro atoms. The zero-order valence-electron chi connectivity index (χ0n) is 8.23. The van der Waals surface area contributed by atoms with Crippen molar-refractivity contribution in [3.05, 3.63) is 42.1 Å². The maximum atomic E-state index is 11.6. The number of aromatic nitrogens is 1. The number of fused-ring (bicyclic) bond motifs is 1. The number of pyridine rings is 1. The summed E-state index contributed by atoms with van der Waals surface area (Å²) in [6.07, 6.45) is 1.69. The molecule has 2 rings (SSSR count). The van der Waals surface area contributed by atoms with E-state index in [0.29, 0.717) is 5.56 Å². The number of nitrogens with one attached hydrogen (secondary N) is 1. The molecular weight excluding hydrogens is 192 g/mol. The van der Waals surface area contributed by atoms with Crippen LogP contribution in [0.15, 0.2) is 36.5 Å². The predicted molar refractivity (Wildman–Crippen MR) is 56.2 cm³/mol. The minimum absolute atomic E-state index is 0.267. The van der Waals surface area contributed by atoms with Crippen molar-refractivity contribution >= 4 is 16.8 Å². The standard InChI is InChI=1S/C11H10N2O2/c1-15-13-11(14)9-4-2-6-10-8(9)5-3-7-12-10/h2-7H,1H3,(H,13,14). The van der Waals surface area contributed by atoms with Crippen LogP contribution in [0.1, 0.15) is 10.4 Å². The Labute approximate surface area is 86.8 Å². The highest BCUT2D eigenvalue weighted by atomic mass is 16.6. The van der Waals surface area contributed by atoms with Gasteiger partial charge < -0.3 is 0 Å². The van der Waals surface area contributed by atoms with E-state index in [1.807, 2.05) is 12.1 Å². The largest absolute Gasteiger partial charge is 0.277 e. The third kappa shape index (κ3) is 1.80. The van der Waals surface area contributed by atoms with Gasteiger partial charge in [0.15, 0.2) is 0 Å². The van der Waals surface area contributed by atoms with Gasteiger partial charge in [0, 0.05) is 11.6 Å². The van der Waals surface area contributed by atoms with Crippen molar-refractivity contribution in [2.45, 2.75) is 0 Å². The van der Waals surface area contributed by atoms with Crippen molar-refractivity contribution in [2.24, 2.45) is 0 Å². The summed E-state index contributed by atoms with van der Waals surface area (Å²) < 4.78 is 0. The number of carbonyl (C=O) groups excluding carboxylic acids is 1. The Balaban J connectivity index is 2.56. The van der Waals surface area contributed by atoms with Crippen LogP contribution < -0.4 is 5.48 Å². The second-order valence-electron chi connectivity index (χ2n) is 3.01. The van der Waals surface area contributed by atoms with Crippen LogP contribution in [-0.2, 0) is 4.84 Å². The molecule has 0 radical (unpaired) electrons. The quantitative estimate of drug-likeness (QED) is 0.751. The Hall–Kier alpha value is -1.94. The van der Waals surface area contributed by atoms with Gasteiger partial charge in [0.05, 0.1) is 18.2 Å². The van der Waals surface area contributed by atoms with E-state index in [1.54, 1.807) is 24.4 Å². The zero-order chi connectivity index (χ0) is 10.7. The Morgan fingerprint density at radius 1 is 1.33 bits per heavy atom. The Morgan fingerprint density at radius 2 is 2.20 bits per heavy atom. The highest BCUT2D eigenvalue weighted by Gasteiger charge is 2.08. The van der Waals surface area contributed by atoms with Gasteiger partial charge in [-0.05, 0) is 18.2 Å².